The fourth-order valence-corrected chi connectivity index (χ4v) is 0.411. The summed E-state index contributed by atoms with van der Waals surface area (Å²) in [6.45, 7) is 0.752. The third-order valence-corrected chi connectivity index (χ3v) is 0.746. The first-order valence-corrected chi connectivity index (χ1v) is 3.06. The summed E-state index contributed by atoms with van der Waals surface area (Å²) in [5.74, 6) is 2.65. The molecule has 0 radical (unpaired) electrons. The molecule has 0 unspecified atom stereocenters. The number of hydrogen-bond donors (Lipinski definition) is 1. The molecule has 0 spiro atoms. The molecule has 0 aromatic rings. The van der Waals surface area contributed by atoms with Crippen molar-refractivity contribution in [1.82, 2.24) is 5.32 Å². The first-order chi connectivity index (χ1) is 2.41. The quantitative estimate of drug-likeness (QED) is 0.291. The summed E-state index contributed by atoms with van der Waals surface area (Å²) < 4.78 is 0. The number of rotatable bonds is 1. The second kappa shape index (κ2) is 4.48. The summed E-state index contributed by atoms with van der Waals surface area (Å²) in [6, 6.07) is 0. The van der Waals surface area contributed by atoms with E-state index in [4.69, 9.17) is 0 Å². The molecule has 0 heterocycles. The van der Waals surface area contributed by atoms with Crippen LogP contribution in [-0.4, -0.2) is 13.0 Å². The fraction of sp³-hybridized carbons (Fsp3) is 0.500. The molecule has 0 aromatic heterocycles. The van der Waals surface area contributed by atoms with Crippen LogP contribution < -0.4 is 5.32 Å². The van der Waals surface area contributed by atoms with Crippen molar-refractivity contribution in [3.05, 3.63) is 0 Å². The van der Waals surface area contributed by atoms with E-state index in [1.54, 1.807) is 7.05 Å². The van der Waals surface area contributed by atoms with E-state index >= 15 is 0 Å². The fourth-order valence-electron chi connectivity index (χ4n) is 0.0456. The topological polar surface area (TPSA) is 12.0 Å². The summed E-state index contributed by atoms with van der Waals surface area (Å²) >= 11 is 4.45. The zero-order chi connectivity index (χ0) is 4.12. The van der Waals surface area contributed by atoms with Crippen LogP contribution in [-0.2, 0) is 11.8 Å². The summed E-state index contributed by atoms with van der Waals surface area (Å²) in [4.78, 5) is 0. The van der Waals surface area contributed by atoms with Gasteiger partial charge < -0.3 is 0 Å². The van der Waals surface area contributed by atoms with Crippen molar-refractivity contribution in [2.75, 3.05) is 7.05 Å². The Morgan fingerprint density at radius 1 is 2.00 bits per heavy atom. The Labute approximate surface area is 37.9 Å². The molecule has 0 amide bonds. The molecule has 1 N–H and O–H groups in total. The minimum atomic E-state index is 0.752. The van der Waals surface area contributed by atoms with E-state index in [0.717, 1.165) is 6.98 Å². The van der Waals surface area contributed by atoms with Crippen LogP contribution in [0.15, 0.2) is 0 Å². The molecule has 3 heteroatoms. The molecule has 28 valence electrons. The van der Waals surface area contributed by atoms with Gasteiger partial charge in [0.1, 0.15) is 0 Å². The molecule has 0 saturated carbocycles. The van der Waals surface area contributed by atoms with Crippen molar-refractivity contribution in [1.29, 1.82) is 0 Å². The van der Waals surface area contributed by atoms with Gasteiger partial charge in [0, 0.05) is 0 Å². The van der Waals surface area contributed by atoms with E-state index < -0.39 is 0 Å². The maximum atomic E-state index is 4.45. The first-order valence-electron chi connectivity index (χ1n) is 1.16. The van der Waals surface area contributed by atoms with Crippen molar-refractivity contribution in [2.45, 2.75) is 0 Å². The number of nitrogens with one attached hydrogen (secondary N) is 1. The van der Waals surface area contributed by atoms with E-state index in [9.17, 15) is 0 Å². The third kappa shape index (κ3) is 4.48. The molecule has 0 aliphatic heterocycles. The van der Waals surface area contributed by atoms with Crippen LogP contribution in [0, 0.1) is 0 Å². The van der Waals surface area contributed by atoms with Crippen molar-refractivity contribution < 1.29 is 0 Å². The summed E-state index contributed by atoms with van der Waals surface area (Å²) in [6.07, 6.45) is 0. The molecule has 1 nitrogen and oxygen atoms in total. The summed E-state index contributed by atoms with van der Waals surface area (Å²) in [5, 5.41) is 2.65. The van der Waals surface area contributed by atoms with Gasteiger partial charge in [0.2, 0.25) is 0 Å². The molecule has 0 fully saturated rings. The van der Waals surface area contributed by atoms with Gasteiger partial charge in [0.15, 0.2) is 0 Å². The molecule has 0 aliphatic carbocycles. The molecule has 0 aromatic carbocycles. The minimum absolute atomic E-state index is 0.752. The predicted molar refractivity (Wildman–Crippen MR) is 28.4 cm³/mol. The average Bonchev–Trinajstić information content (AvgIpc) is 1.41. The molecular weight excluding hydrogens is 101 g/mol. The normalized spacial score (nSPS) is 6.60. The Kier molecular flexibility index (Phi) is 4.91. The van der Waals surface area contributed by atoms with Crippen molar-refractivity contribution in [2.24, 2.45) is 0 Å². The van der Waals surface area contributed by atoms with Crippen molar-refractivity contribution in [3.63, 3.8) is 0 Å². The zero-order valence-corrected chi connectivity index (χ0v) is 4.57. The average molecular weight is 105 g/mol. The van der Waals surface area contributed by atoms with Crippen LogP contribution in [0.1, 0.15) is 0 Å². The van der Waals surface area contributed by atoms with E-state index in [2.05, 4.69) is 23.0 Å². The van der Waals surface area contributed by atoms with E-state index in [1.807, 2.05) is 0 Å². The van der Waals surface area contributed by atoms with Gasteiger partial charge in [0.25, 0.3) is 0 Å². The molecule has 5 heavy (non-hydrogen) atoms. The van der Waals surface area contributed by atoms with Gasteiger partial charge in [-0.25, -0.2) is 0 Å². The first kappa shape index (κ1) is 5.48. The SMILES string of the molecule is CN[C-]=[P+]=S. The van der Waals surface area contributed by atoms with Gasteiger partial charge in [-0.1, -0.05) is 0 Å². The van der Waals surface area contributed by atoms with Gasteiger partial charge >= 0.3 is 37.1 Å². The molecule has 0 bridgehead atoms. The van der Waals surface area contributed by atoms with Gasteiger partial charge in [0.05, 0.1) is 0 Å². The monoisotopic (exact) mass is 105 g/mol. The maximum absolute atomic E-state index is 4.45. The van der Waals surface area contributed by atoms with Gasteiger partial charge in [-0.05, 0) is 0 Å². The van der Waals surface area contributed by atoms with Crippen LogP contribution in [0.5, 0.6) is 0 Å². The van der Waals surface area contributed by atoms with Crippen molar-refractivity contribution in [3.8, 4) is 0 Å². The van der Waals surface area contributed by atoms with Crippen LogP contribution in [0.25, 0.3) is 0 Å². The predicted octanol–water partition coefficient (Wildman–Crippen LogP) is 0.251. The molecule has 0 saturated heterocycles. The van der Waals surface area contributed by atoms with Crippen LogP contribution in [0.2, 0.25) is 0 Å². The van der Waals surface area contributed by atoms with E-state index in [0.29, 0.717) is 0 Å². The van der Waals surface area contributed by atoms with Crippen LogP contribution >= 0.6 is 6.98 Å². The zero-order valence-electron chi connectivity index (χ0n) is 2.86. The Morgan fingerprint density at radius 3 is 2.60 bits per heavy atom. The van der Waals surface area contributed by atoms with Crippen LogP contribution in [0.3, 0.4) is 0 Å². The van der Waals surface area contributed by atoms with Crippen molar-refractivity contribution >= 4 is 24.7 Å². The summed E-state index contributed by atoms with van der Waals surface area (Å²) in [5.41, 5.74) is 0. The van der Waals surface area contributed by atoms with Crippen LogP contribution in [0.4, 0.5) is 0 Å². The molecular formula is C2H4NPS. The molecule has 0 aliphatic rings. The van der Waals surface area contributed by atoms with E-state index in [1.165, 1.54) is 0 Å². The second-order valence-corrected chi connectivity index (χ2v) is 1.41. The van der Waals surface area contributed by atoms with E-state index in [-0.39, 0.29) is 0 Å². The summed E-state index contributed by atoms with van der Waals surface area (Å²) in [7, 11) is 1.78. The van der Waals surface area contributed by atoms with Gasteiger partial charge in [-0.2, -0.15) is 0 Å². The molecule has 0 rings (SSSR count). The Bertz CT molecular complexity index is 56.7. The van der Waals surface area contributed by atoms with Gasteiger partial charge in [-0.3, -0.25) is 0 Å². The Hall–Kier alpha value is 0.480. The third-order valence-electron chi connectivity index (χ3n) is 0.157. The number of hydrogen-bond acceptors (Lipinski definition) is 1. The Morgan fingerprint density at radius 2 is 2.60 bits per heavy atom. The second-order valence-electron chi connectivity index (χ2n) is 0.453. The standard InChI is InChI=1S/C2H4NPS/c1-3-2-4-5/h3H,1H3. The molecule has 0 atom stereocenters. The van der Waals surface area contributed by atoms with Gasteiger partial charge in [-0.15, -0.1) is 0 Å². The Balaban J connectivity index is 2.93.